The van der Waals surface area contributed by atoms with Crippen LogP contribution in [0.15, 0.2) is 35.5 Å². The Morgan fingerprint density at radius 3 is 2.86 bits per heavy atom. The number of sulfonamides is 1. The van der Waals surface area contributed by atoms with E-state index in [0.717, 1.165) is 0 Å². The molecule has 0 radical (unpaired) electrons. The maximum absolute atomic E-state index is 12.3. The highest BCUT2D eigenvalue weighted by Gasteiger charge is 2.22. The van der Waals surface area contributed by atoms with E-state index in [1.54, 1.807) is 24.3 Å². The summed E-state index contributed by atoms with van der Waals surface area (Å²) in [5.74, 6) is 5.54. The number of aromatic nitrogens is 2. The molecule has 0 spiro atoms. The minimum Gasteiger partial charge on any atom is -0.320 e. The lowest BCUT2D eigenvalue weighted by Gasteiger charge is -2.09. The Bertz CT molecular complexity index is 799. The molecular weight excluding hydrogens is 312 g/mol. The fraction of sp³-hybridized carbons (Fsp3) is 0.154. The lowest BCUT2D eigenvalue weighted by atomic mass is 10.2. The highest BCUT2D eigenvalue weighted by atomic mass is 35.5. The number of halogens is 1. The van der Waals surface area contributed by atoms with Crippen LogP contribution in [0, 0.1) is 11.8 Å². The number of rotatable bonds is 3. The monoisotopic (exact) mass is 324 g/mol. The summed E-state index contributed by atoms with van der Waals surface area (Å²) in [6.45, 7) is 0.237. The van der Waals surface area contributed by atoms with Crippen molar-refractivity contribution >= 4 is 27.3 Å². The number of nitrogens with zero attached hydrogens (tertiary/aromatic N) is 2. The summed E-state index contributed by atoms with van der Waals surface area (Å²) in [6, 6.07) is 6.70. The number of anilines is 1. The molecule has 1 aromatic heterocycles. The molecule has 0 aliphatic heterocycles. The first-order valence-electron chi connectivity index (χ1n) is 5.93. The number of benzene rings is 1. The lowest BCUT2D eigenvalue weighted by Crippen LogP contribution is -2.17. The SMILES string of the molecule is Cn1ncc(Cl)c1S(=O)(=O)Nc1cccc(C#CCN)c1. The predicted octanol–water partition coefficient (Wildman–Crippen LogP) is 1.18. The Morgan fingerprint density at radius 2 is 2.24 bits per heavy atom. The van der Waals surface area contributed by atoms with E-state index >= 15 is 0 Å². The molecule has 8 heteroatoms. The van der Waals surface area contributed by atoms with Crippen LogP contribution in [-0.2, 0) is 17.1 Å². The average molecular weight is 325 g/mol. The van der Waals surface area contributed by atoms with Crippen molar-refractivity contribution in [2.45, 2.75) is 5.03 Å². The standard InChI is InChI=1S/C13H13ClN4O2S/c1-18-13(12(14)9-16-18)21(19,20)17-11-6-2-4-10(8-11)5-3-7-15/h2,4,6,8-9,17H,7,15H2,1H3. The quantitative estimate of drug-likeness (QED) is 0.830. The summed E-state index contributed by atoms with van der Waals surface area (Å²) < 4.78 is 28.3. The van der Waals surface area contributed by atoms with E-state index < -0.39 is 10.0 Å². The van der Waals surface area contributed by atoms with Crippen molar-refractivity contribution in [1.29, 1.82) is 0 Å². The van der Waals surface area contributed by atoms with Crippen molar-refractivity contribution in [2.24, 2.45) is 12.8 Å². The molecule has 21 heavy (non-hydrogen) atoms. The van der Waals surface area contributed by atoms with Crippen LogP contribution < -0.4 is 10.5 Å². The Labute approximate surface area is 128 Å². The Balaban J connectivity index is 2.33. The molecule has 0 amide bonds. The van der Waals surface area contributed by atoms with E-state index in [0.29, 0.717) is 11.3 Å². The third-order valence-corrected chi connectivity index (χ3v) is 4.43. The molecule has 3 N–H and O–H groups in total. The van der Waals surface area contributed by atoms with Gasteiger partial charge in [0.1, 0.15) is 0 Å². The van der Waals surface area contributed by atoms with Gasteiger partial charge in [0.15, 0.2) is 5.03 Å². The first-order chi connectivity index (χ1) is 9.94. The van der Waals surface area contributed by atoms with Crippen LogP contribution >= 0.6 is 11.6 Å². The molecule has 0 aliphatic carbocycles. The van der Waals surface area contributed by atoms with E-state index in [1.165, 1.54) is 17.9 Å². The normalized spacial score (nSPS) is 10.8. The zero-order valence-corrected chi connectivity index (χ0v) is 12.7. The molecule has 0 bridgehead atoms. The summed E-state index contributed by atoms with van der Waals surface area (Å²) in [4.78, 5) is 0. The Kier molecular flexibility index (Phi) is 4.53. The molecular formula is C13H13ClN4O2S. The van der Waals surface area contributed by atoms with Crippen molar-refractivity contribution < 1.29 is 8.42 Å². The molecule has 2 rings (SSSR count). The number of hydrogen-bond acceptors (Lipinski definition) is 4. The average Bonchev–Trinajstić information content (AvgIpc) is 2.76. The second-order valence-electron chi connectivity index (χ2n) is 4.11. The summed E-state index contributed by atoms with van der Waals surface area (Å²) >= 11 is 5.86. The van der Waals surface area contributed by atoms with Gasteiger partial charge in [0, 0.05) is 12.6 Å². The van der Waals surface area contributed by atoms with Gasteiger partial charge in [-0.15, -0.1) is 0 Å². The van der Waals surface area contributed by atoms with Gasteiger partial charge < -0.3 is 5.73 Å². The molecule has 1 heterocycles. The van der Waals surface area contributed by atoms with E-state index in [4.69, 9.17) is 17.3 Å². The largest absolute Gasteiger partial charge is 0.320 e. The topological polar surface area (TPSA) is 90.0 Å². The molecule has 6 nitrogen and oxygen atoms in total. The van der Waals surface area contributed by atoms with Crippen LogP contribution in [0.4, 0.5) is 5.69 Å². The van der Waals surface area contributed by atoms with E-state index in [1.807, 2.05) is 0 Å². The van der Waals surface area contributed by atoms with Crippen LogP contribution in [-0.4, -0.2) is 24.7 Å². The van der Waals surface area contributed by atoms with Gasteiger partial charge in [-0.3, -0.25) is 9.40 Å². The first kappa shape index (κ1) is 15.4. The van der Waals surface area contributed by atoms with Gasteiger partial charge in [0.25, 0.3) is 10.0 Å². The van der Waals surface area contributed by atoms with Gasteiger partial charge in [0.2, 0.25) is 0 Å². The van der Waals surface area contributed by atoms with Gasteiger partial charge in [-0.2, -0.15) is 13.5 Å². The van der Waals surface area contributed by atoms with E-state index in [-0.39, 0.29) is 16.6 Å². The minimum atomic E-state index is -3.82. The molecule has 110 valence electrons. The smallest absolute Gasteiger partial charge is 0.280 e. The van der Waals surface area contributed by atoms with Crippen LogP contribution in [0.5, 0.6) is 0 Å². The number of nitrogens with one attached hydrogen (secondary N) is 1. The summed E-state index contributed by atoms with van der Waals surface area (Å²) in [5.41, 5.74) is 6.35. The molecule has 0 aliphatic rings. The summed E-state index contributed by atoms with van der Waals surface area (Å²) in [5, 5.41) is 3.78. The number of nitrogens with two attached hydrogens (primary N) is 1. The molecule has 0 saturated carbocycles. The van der Waals surface area contributed by atoms with Crippen molar-refractivity contribution in [3.05, 3.63) is 41.0 Å². The number of hydrogen-bond donors (Lipinski definition) is 2. The number of aryl methyl sites for hydroxylation is 1. The van der Waals surface area contributed by atoms with Crippen LogP contribution in [0.25, 0.3) is 0 Å². The minimum absolute atomic E-state index is 0.0593. The van der Waals surface area contributed by atoms with Gasteiger partial charge >= 0.3 is 0 Å². The van der Waals surface area contributed by atoms with E-state index in [2.05, 4.69) is 21.7 Å². The third-order valence-electron chi connectivity index (χ3n) is 2.55. The molecule has 0 unspecified atom stereocenters. The zero-order valence-electron chi connectivity index (χ0n) is 11.2. The summed E-state index contributed by atoms with van der Waals surface area (Å²) in [7, 11) is -2.32. The zero-order chi connectivity index (χ0) is 15.5. The second-order valence-corrected chi connectivity index (χ2v) is 6.12. The molecule has 0 saturated heterocycles. The van der Waals surface area contributed by atoms with Gasteiger partial charge in [-0.1, -0.05) is 29.5 Å². The predicted molar refractivity (Wildman–Crippen MR) is 81.4 cm³/mol. The van der Waals surface area contributed by atoms with Gasteiger partial charge in [-0.05, 0) is 18.2 Å². The van der Waals surface area contributed by atoms with Crippen LogP contribution in [0.2, 0.25) is 5.02 Å². The fourth-order valence-corrected chi connectivity index (χ4v) is 3.43. The van der Waals surface area contributed by atoms with Gasteiger partial charge in [-0.25, -0.2) is 0 Å². The maximum Gasteiger partial charge on any atom is 0.280 e. The highest BCUT2D eigenvalue weighted by molar-refractivity contribution is 7.92. The Hall–Kier alpha value is -2.01. The van der Waals surface area contributed by atoms with Crippen molar-refractivity contribution in [3.8, 4) is 11.8 Å². The van der Waals surface area contributed by atoms with Crippen molar-refractivity contribution in [2.75, 3.05) is 11.3 Å². The van der Waals surface area contributed by atoms with E-state index in [9.17, 15) is 8.42 Å². The Morgan fingerprint density at radius 1 is 1.48 bits per heavy atom. The van der Waals surface area contributed by atoms with Crippen molar-refractivity contribution in [3.63, 3.8) is 0 Å². The second kappa shape index (κ2) is 6.18. The third kappa shape index (κ3) is 3.55. The molecule has 1 aromatic carbocycles. The van der Waals surface area contributed by atoms with Gasteiger partial charge in [0.05, 0.1) is 23.5 Å². The highest BCUT2D eigenvalue weighted by Crippen LogP contribution is 2.23. The molecule has 0 fully saturated rings. The van der Waals surface area contributed by atoms with Crippen LogP contribution in [0.3, 0.4) is 0 Å². The molecule has 2 aromatic rings. The first-order valence-corrected chi connectivity index (χ1v) is 7.79. The lowest BCUT2D eigenvalue weighted by molar-refractivity contribution is 0.582. The molecule has 0 atom stereocenters. The summed E-state index contributed by atoms with van der Waals surface area (Å²) in [6.07, 6.45) is 1.28. The fourth-order valence-electron chi connectivity index (χ4n) is 1.72. The van der Waals surface area contributed by atoms with Crippen LogP contribution in [0.1, 0.15) is 5.56 Å². The maximum atomic E-state index is 12.3. The van der Waals surface area contributed by atoms with Crippen molar-refractivity contribution in [1.82, 2.24) is 9.78 Å².